The van der Waals surface area contributed by atoms with Crippen LogP contribution in [0.2, 0.25) is 0 Å². The number of carbonyl (C=O) groups is 2. The molecule has 0 aliphatic carbocycles. The van der Waals surface area contributed by atoms with Crippen molar-refractivity contribution in [2.45, 2.75) is 25.3 Å². The maximum Gasteiger partial charge on any atom is 0.331 e. The summed E-state index contributed by atoms with van der Waals surface area (Å²) >= 11 is 1.46. The highest BCUT2D eigenvalue weighted by atomic mass is 32.1. The van der Waals surface area contributed by atoms with E-state index in [9.17, 15) is 14.7 Å². The highest BCUT2D eigenvalue weighted by molar-refractivity contribution is 7.13. The van der Waals surface area contributed by atoms with Crippen molar-refractivity contribution in [3.8, 4) is 11.5 Å². The number of thiophene rings is 1. The normalized spacial score (nSPS) is 16.4. The zero-order valence-corrected chi connectivity index (χ0v) is 15.6. The van der Waals surface area contributed by atoms with Crippen LogP contribution in [0.15, 0.2) is 47.2 Å². The first-order valence-corrected chi connectivity index (χ1v) is 9.50. The van der Waals surface area contributed by atoms with E-state index in [1.807, 2.05) is 19.1 Å². The van der Waals surface area contributed by atoms with Crippen molar-refractivity contribution in [3.63, 3.8) is 0 Å². The second-order valence-corrected chi connectivity index (χ2v) is 7.95. The molecule has 1 fully saturated rings. The van der Waals surface area contributed by atoms with Gasteiger partial charge in [0, 0.05) is 37.0 Å². The summed E-state index contributed by atoms with van der Waals surface area (Å²) < 4.78 is 6.84. The number of piperidine rings is 1. The lowest BCUT2D eigenvalue weighted by Crippen LogP contribution is -2.52. The van der Waals surface area contributed by atoms with Gasteiger partial charge in [-0.25, -0.2) is 4.79 Å². The van der Waals surface area contributed by atoms with Crippen molar-refractivity contribution in [1.29, 1.82) is 0 Å². The monoisotopic (exact) mass is 385 g/mol. The topological polar surface area (TPSA) is 88.6 Å². The van der Waals surface area contributed by atoms with E-state index in [1.165, 1.54) is 16.0 Å². The third-order valence-electron chi connectivity index (χ3n) is 5.03. The number of rotatable bonds is 4. The molecular formula is C19H19N3O4S. The number of furan rings is 1. The van der Waals surface area contributed by atoms with E-state index in [0.717, 1.165) is 4.88 Å². The van der Waals surface area contributed by atoms with Gasteiger partial charge in [-0.2, -0.15) is 5.10 Å². The van der Waals surface area contributed by atoms with E-state index in [2.05, 4.69) is 5.10 Å². The molecule has 0 bridgehead atoms. The molecule has 0 saturated carbocycles. The van der Waals surface area contributed by atoms with E-state index >= 15 is 0 Å². The molecule has 0 spiro atoms. The maximum absolute atomic E-state index is 12.6. The number of hydrogen-bond acceptors (Lipinski definition) is 5. The maximum atomic E-state index is 12.6. The Kier molecular flexibility index (Phi) is 4.35. The number of aryl methyl sites for hydroxylation is 1. The fourth-order valence-electron chi connectivity index (χ4n) is 3.44. The molecule has 4 heterocycles. The average Bonchev–Trinajstić information content (AvgIpc) is 3.41. The van der Waals surface area contributed by atoms with E-state index < -0.39 is 11.5 Å². The molecule has 8 heteroatoms. The van der Waals surface area contributed by atoms with Crippen molar-refractivity contribution in [2.75, 3.05) is 13.1 Å². The molecule has 1 aliphatic rings. The minimum Gasteiger partial charge on any atom is -0.479 e. The number of carboxylic acids is 1. The molecular weight excluding hydrogens is 366 g/mol. The van der Waals surface area contributed by atoms with Crippen molar-refractivity contribution in [3.05, 3.63) is 52.5 Å². The summed E-state index contributed by atoms with van der Waals surface area (Å²) in [6.07, 6.45) is 3.83. The van der Waals surface area contributed by atoms with Crippen LogP contribution in [-0.2, 0) is 10.3 Å². The molecule has 4 rings (SSSR count). The molecule has 140 valence electrons. The molecule has 0 aromatic carbocycles. The van der Waals surface area contributed by atoms with Gasteiger partial charge in [0.15, 0.2) is 11.3 Å². The number of nitrogens with zero attached hydrogens (tertiary/aromatic N) is 3. The molecule has 3 aromatic rings. The van der Waals surface area contributed by atoms with Gasteiger partial charge in [0.05, 0.1) is 11.1 Å². The van der Waals surface area contributed by atoms with Gasteiger partial charge in [-0.05, 0) is 37.3 Å². The first kappa shape index (κ1) is 17.5. The molecule has 0 radical (unpaired) electrons. The third kappa shape index (κ3) is 3.06. The summed E-state index contributed by atoms with van der Waals surface area (Å²) in [5.74, 6) is -0.380. The van der Waals surface area contributed by atoms with Gasteiger partial charge in [0.25, 0.3) is 5.91 Å². The number of aromatic nitrogens is 2. The lowest BCUT2D eigenvalue weighted by Gasteiger charge is -2.38. The Hall–Kier alpha value is -2.87. The van der Waals surface area contributed by atoms with Crippen LogP contribution in [0, 0.1) is 6.92 Å². The number of aliphatic carboxylic acids is 1. The largest absolute Gasteiger partial charge is 0.479 e. The van der Waals surface area contributed by atoms with Crippen molar-refractivity contribution < 1.29 is 19.1 Å². The number of carbonyl (C=O) groups excluding carboxylic acids is 1. The van der Waals surface area contributed by atoms with Crippen molar-refractivity contribution >= 4 is 23.2 Å². The predicted octanol–water partition coefficient (Wildman–Crippen LogP) is 3.23. The number of amides is 1. The van der Waals surface area contributed by atoms with E-state index in [1.54, 1.807) is 35.6 Å². The van der Waals surface area contributed by atoms with Crippen LogP contribution in [0.1, 0.15) is 27.4 Å². The summed E-state index contributed by atoms with van der Waals surface area (Å²) in [6, 6.07) is 9.03. The van der Waals surface area contributed by atoms with E-state index in [4.69, 9.17) is 4.42 Å². The molecule has 7 nitrogen and oxygen atoms in total. The van der Waals surface area contributed by atoms with E-state index in [0.29, 0.717) is 42.3 Å². The SMILES string of the molecule is Cc1ccc(C(=O)N2CCC(C(=O)O)(n3ccc(-c4ccco4)n3)CC2)s1. The minimum atomic E-state index is -1.16. The average molecular weight is 385 g/mol. The van der Waals surface area contributed by atoms with Gasteiger partial charge in [-0.15, -0.1) is 11.3 Å². The van der Waals surface area contributed by atoms with Crippen LogP contribution in [0.4, 0.5) is 0 Å². The number of hydrogen-bond donors (Lipinski definition) is 1. The summed E-state index contributed by atoms with van der Waals surface area (Å²) in [6.45, 7) is 2.71. The Bertz CT molecular complexity index is 965. The highest BCUT2D eigenvalue weighted by Crippen LogP contribution is 2.32. The van der Waals surface area contributed by atoms with E-state index in [-0.39, 0.29) is 5.91 Å². The Morgan fingerprint density at radius 3 is 2.59 bits per heavy atom. The molecule has 1 saturated heterocycles. The van der Waals surface area contributed by atoms with Gasteiger partial charge in [-0.1, -0.05) is 0 Å². The van der Waals surface area contributed by atoms with Crippen LogP contribution < -0.4 is 0 Å². The summed E-state index contributed by atoms with van der Waals surface area (Å²) in [5, 5.41) is 14.4. The van der Waals surface area contributed by atoms with Gasteiger partial charge in [-0.3, -0.25) is 9.48 Å². The molecule has 0 unspecified atom stereocenters. The predicted molar refractivity (Wildman–Crippen MR) is 99.7 cm³/mol. The molecule has 3 aromatic heterocycles. The Morgan fingerprint density at radius 2 is 2.00 bits per heavy atom. The molecule has 1 N–H and O–H groups in total. The number of carboxylic acid groups (broad SMARTS) is 1. The Morgan fingerprint density at radius 1 is 1.22 bits per heavy atom. The third-order valence-corrected chi connectivity index (χ3v) is 6.02. The van der Waals surface area contributed by atoms with Crippen LogP contribution in [-0.4, -0.2) is 44.8 Å². The molecule has 1 aliphatic heterocycles. The van der Waals surface area contributed by atoms with Gasteiger partial charge in [0.2, 0.25) is 0 Å². The lowest BCUT2D eigenvalue weighted by molar-refractivity contribution is -0.150. The first-order valence-electron chi connectivity index (χ1n) is 8.69. The van der Waals surface area contributed by atoms with Gasteiger partial charge >= 0.3 is 5.97 Å². The molecule has 0 atom stereocenters. The van der Waals surface area contributed by atoms with Crippen LogP contribution in [0.25, 0.3) is 11.5 Å². The summed E-state index contributed by atoms with van der Waals surface area (Å²) in [4.78, 5) is 28.3. The highest BCUT2D eigenvalue weighted by Gasteiger charge is 2.45. The number of likely N-dealkylation sites (tertiary alicyclic amines) is 1. The standard InChI is InChI=1S/C19H19N3O4S/c1-13-4-5-16(27-13)17(23)21-10-7-19(8-11-21,18(24)25)22-9-6-14(20-22)15-3-2-12-26-15/h2-6,9,12H,7-8,10-11H2,1H3,(H,24,25). The van der Waals surface area contributed by atoms with Crippen LogP contribution in [0.5, 0.6) is 0 Å². The smallest absolute Gasteiger partial charge is 0.331 e. The minimum absolute atomic E-state index is 0.0381. The zero-order chi connectivity index (χ0) is 19.0. The van der Waals surface area contributed by atoms with Crippen LogP contribution >= 0.6 is 11.3 Å². The Balaban J connectivity index is 1.55. The van der Waals surface area contributed by atoms with Crippen molar-refractivity contribution in [2.24, 2.45) is 0 Å². The Labute approximate surface area is 159 Å². The van der Waals surface area contributed by atoms with Crippen LogP contribution in [0.3, 0.4) is 0 Å². The quantitative estimate of drug-likeness (QED) is 0.745. The first-order chi connectivity index (χ1) is 13.0. The summed E-state index contributed by atoms with van der Waals surface area (Å²) in [5.41, 5.74) is -0.569. The fraction of sp³-hybridized carbons (Fsp3) is 0.316. The zero-order valence-electron chi connectivity index (χ0n) is 14.8. The molecule has 27 heavy (non-hydrogen) atoms. The fourth-order valence-corrected chi connectivity index (χ4v) is 4.28. The van der Waals surface area contributed by atoms with Gasteiger partial charge < -0.3 is 14.4 Å². The van der Waals surface area contributed by atoms with Crippen molar-refractivity contribution in [1.82, 2.24) is 14.7 Å². The molecule has 1 amide bonds. The second kappa shape index (κ2) is 6.70. The van der Waals surface area contributed by atoms with Gasteiger partial charge in [0.1, 0.15) is 5.69 Å². The second-order valence-electron chi connectivity index (χ2n) is 6.66. The lowest BCUT2D eigenvalue weighted by atomic mass is 9.87. The summed E-state index contributed by atoms with van der Waals surface area (Å²) in [7, 11) is 0.